The van der Waals surface area contributed by atoms with Crippen molar-refractivity contribution in [1.29, 1.82) is 0 Å². The highest BCUT2D eigenvalue weighted by Gasteiger charge is 2.44. The maximum absolute atomic E-state index is 5.63. The lowest BCUT2D eigenvalue weighted by Crippen LogP contribution is -3.20. The number of quaternary nitrogens is 2. The minimum Gasteiger partial charge on any atom is -0.360 e. The number of thiocarbonyl (C=S) groups is 1. The summed E-state index contributed by atoms with van der Waals surface area (Å²) >= 11 is 5.63. The fraction of sp³-hybridized carbons (Fsp3) is 0.960. The van der Waals surface area contributed by atoms with Crippen LogP contribution in [0.5, 0.6) is 0 Å². The molecule has 2 bridgehead atoms. The Morgan fingerprint density at radius 3 is 2.50 bits per heavy atom. The van der Waals surface area contributed by atoms with Gasteiger partial charge in [0.25, 0.3) is 0 Å². The number of piperazine rings is 1. The van der Waals surface area contributed by atoms with Gasteiger partial charge in [0.05, 0.1) is 26.2 Å². The molecule has 5 aliphatic heterocycles. The van der Waals surface area contributed by atoms with E-state index in [0.29, 0.717) is 6.04 Å². The molecule has 5 unspecified atom stereocenters. The summed E-state index contributed by atoms with van der Waals surface area (Å²) in [5, 5.41) is 10.7. The Hall–Kier alpha value is -0.470. The van der Waals surface area contributed by atoms with Gasteiger partial charge in [-0.05, 0) is 43.8 Å². The highest BCUT2D eigenvalue weighted by atomic mass is 32.1. The Bertz CT molecular complexity index is 597. The molecule has 0 amide bonds. The Labute approximate surface area is 201 Å². The van der Waals surface area contributed by atoms with Gasteiger partial charge in [-0.2, -0.15) is 0 Å². The van der Waals surface area contributed by atoms with Crippen LogP contribution in [0.1, 0.15) is 64.2 Å². The number of hydrogen-bond donors (Lipinski definition) is 4. The molecule has 7 heteroatoms. The van der Waals surface area contributed by atoms with Gasteiger partial charge in [0.1, 0.15) is 12.2 Å². The third kappa shape index (κ3) is 5.96. The Balaban J connectivity index is 1.02. The van der Waals surface area contributed by atoms with Crippen LogP contribution in [0.15, 0.2) is 0 Å². The van der Waals surface area contributed by atoms with Gasteiger partial charge in [-0.15, -0.1) is 0 Å². The van der Waals surface area contributed by atoms with E-state index < -0.39 is 0 Å². The maximum atomic E-state index is 5.63. The van der Waals surface area contributed by atoms with E-state index in [9.17, 15) is 0 Å². The minimum atomic E-state index is 0.611. The largest absolute Gasteiger partial charge is 0.360 e. The molecule has 6 fully saturated rings. The van der Waals surface area contributed by atoms with E-state index in [-0.39, 0.29) is 0 Å². The van der Waals surface area contributed by atoms with Crippen LogP contribution in [0.2, 0.25) is 0 Å². The van der Waals surface area contributed by atoms with Gasteiger partial charge in [-0.1, -0.05) is 19.3 Å². The topological polar surface area (TPSA) is 51.6 Å². The second-order valence-corrected chi connectivity index (χ2v) is 11.9. The first-order chi connectivity index (χ1) is 15.7. The Kier molecular flexibility index (Phi) is 8.22. The number of piperidine rings is 4. The Morgan fingerprint density at radius 2 is 1.78 bits per heavy atom. The highest BCUT2D eigenvalue weighted by molar-refractivity contribution is 7.80. The molecule has 0 aromatic carbocycles. The molecule has 32 heavy (non-hydrogen) atoms. The van der Waals surface area contributed by atoms with Crippen molar-refractivity contribution in [3.8, 4) is 0 Å². The van der Waals surface area contributed by atoms with Gasteiger partial charge < -0.3 is 25.8 Å². The SMILES string of the molecule is S=C(NCC1CC2CC[NH+]1CC2CN1CCN(C2CCCC[NH2+]2)CC1)NC1CCCCC1. The van der Waals surface area contributed by atoms with E-state index in [1.165, 1.54) is 117 Å². The molecule has 0 aromatic heterocycles. The molecule has 5 saturated heterocycles. The normalized spacial score (nSPS) is 37.3. The second-order valence-electron chi connectivity index (χ2n) is 11.5. The van der Waals surface area contributed by atoms with Gasteiger partial charge in [-0.3, -0.25) is 4.90 Å². The predicted molar refractivity (Wildman–Crippen MR) is 134 cm³/mol. The molecule has 1 saturated carbocycles. The zero-order chi connectivity index (χ0) is 21.8. The molecular weight excluding hydrogens is 416 g/mol. The Morgan fingerprint density at radius 1 is 0.969 bits per heavy atom. The molecule has 5 heterocycles. The molecule has 0 aromatic rings. The zero-order valence-corrected chi connectivity index (χ0v) is 21.0. The van der Waals surface area contributed by atoms with Crippen LogP contribution in [-0.4, -0.2) is 92.1 Å². The highest BCUT2D eigenvalue weighted by Crippen LogP contribution is 2.28. The lowest BCUT2D eigenvalue weighted by Gasteiger charge is -2.49. The first-order valence-corrected chi connectivity index (χ1v) is 14.3. The van der Waals surface area contributed by atoms with Gasteiger partial charge in [0.2, 0.25) is 0 Å². The second kappa shape index (κ2) is 11.3. The van der Waals surface area contributed by atoms with Crippen molar-refractivity contribution in [1.82, 2.24) is 20.4 Å². The predicted octanol–water partition coefficient (Wildman–Crippen LogP) is -0.232. The monoisotopic (exact) mass is 464 g/mol. The third-order valence-corrected chi connectivity index (χ3v) is 9.66. The molecule has 0 radical (unpaired) electrons. The van der Waals surface area contributed by atoms with Crippen LogP contribution in [0.4, 0.5) is 0 Å². The van der Waals surface area contributed by atoms with Crippen LogP contribution >= 0.6 is 12.2 Å². The van der Waals surface area contributed by atoms with E-state index in [1.54, 1.807) is 0 Å². The summed E-state index contributed by atoms with van der Waals surface area (Å²) in [5.41, 5.74) is 0. The number of nitrogens with two attached hydrogens (primary N) is 1. The summed E-state index contributed by atoms with van der Waals surface area (Å²) in [4.78, 5) is 7.41. The number of fused-ring (bicyclic) bond motifs is 3. The molecule has 6 aliphatic rings. The van der Waals surface area contributed by atoms with Crippen LogP contribution in [-0.2, 0) is 0 Å². The summed E-state index contributed by atoms with van der Waals surface area (Å²) in [6, 6.07) is 1.37. The van der Waals surface area contributed by atoms with Crippen molar-refractivity contribution < 1.29 is 10.2 Å². The maximum Gasteiger partial charge on any atom is 0.166 e. The fourth-order valence-corrected chi connectivity index (χ4v) is 7.68. The van der Waals surface area contributed by atoms with E-state index in [0.717, 1.165) is 35.7 Å². The first kappa shape index (κ1) is 23.3. The number of hydrogen-bond acceptors (Lipinski definition) is 3. The number of nitrogens with one attached hydrogen (secondary N) is 3. The lowest BCUT2D eigenvalue weighted by molar-refractivity contribution is -0.945. The molecule has 5 N–H and O–H groups in total. The molecule has 6 rings (SSSR count). The molecular formula is C25H48N6S+2. The summed E-state index contributed by atoms with van der Waals surface area (Å²) in [6.45, 7) is 11.7. The van der Waals surface area contributed by atoms with Crippen molar-refractivity contribution in [3.05, 3.63) is 0 Å². The van der Waals surface area contributed by atoms with Crippen molar-refractivity contribution in [2.24, 2.45) is 11.8 Å². The molecule has 6 nitrogen and oxygen atoms in total. The van der Waals surface area contributed by atoms with E-state index in [4.69, 9.17) is 12.2 Å². The van der Waals surface area contributed by atoms with Crippen molar-refractivity contribution in [3.63, 3.8) is 0 Å². The summed E-state index contributed by atoms with van der Waals surface area (Å²) < 4.78 is 0. The minimum absolute atomic E-state index is 0.611. The van der Waals surface area contributed by atoms with Gasteiger partial charge in [0.15, 0.2) is 5.11 Å². The summed E-state index contributed by atoms with van der Waals surface area (Å²) in [6.07, 6.45) is 14.6. The van der Waals surface area contributed by atoms with Gasteiger partial charge in [-0.25, -0.2) is 0 Å². The molecule has 182 valence electrons. The smallest absolute Gasteiger partial charge is 0.166 e. The quantitative estimate of drug-likeness (QED) is 0.409. The first-order valence-electron chi connectivity index (χ1n) is 13.9. The van der Waals surface area contributed by atoms with E-state index >= 15 is 0 Å². The molecule has 1 aliphatic carbocycles. The molecule has 5 atom stereocenters. The number of nitrogens with zero attached hydrogens (tertiary/aromatic N) is 2. The van der Waals surface area contributed by atoms with Crippen LogP contribution in [0, 0.1) is 11.8 Å². The third-order valence-electron chi connectivity index (χ3n) is 9.40. The van der Waals surface area contributed by atoms with Gasteiger partial charge >= 0.3 is 0 Å². The van der Waals surface area contributed by atoms with E-state index in [1.807, 2.05) is 4.90 Å². The summed E-state index contributed by atoms with van der Waals surface area (Å²) in [5.74, 6) is 1.85. The average molecular weight is 465 g/mol. The van der Waals surface area contributed by atoms with Crippen LogP contribution in [0.25, 0.3) is 0 Å². The lowest BCUT2D eigenvalue weighted by atomic mass is 9.75. The average Bonchev–Trinajstić information content (AvgIpc) is 2.85. The molecule has 0 spiro atoms. The van der Waals surface area contributed by atoms with Crippen molar-refractivity contribution >= 4 is 17.3 Å². The van der Waals surface area contributed by atoms with E-state index in [2.05, 4.69) is 25.8 Å². The van der Waals surface area contributed by atoms with Crippen molar-refractivity contribution in [2.45, 2.75) is 82.5 Å². The fourth-order valence-electron chi connectivity index (χ4n) is 7.43. The van der Waals surface area contributed by atoms with Crippen LogP contribution in [0.3, 0.4) is 0 Å². The standard InChI is InChI=1S/C25H46N6S/c32-25(28-22-6-2-1-3-7-22)27-17-23-16-20-9-11-31(23)19-21(20)18-29-12-14-30(15-13-29)24-8-4-5-10-26-24/h20-24,26H,1-19H2,(H2,27,28,32)/p+2. The summed E-state index contributed by atoms with van der Waals surface area (Å²) in [7, 11) is 0. The number of rotatable bonds is 6. The zero-order valence-electron chi connectivity index (χ0n) is 20.2. The van der Waals surface area contributed by atoms with Crippen molar-refractivity contribution in [2.75, 3.05) is 58.9 Å². The van der Waals surface area contributed by atoms with Crippen LogP contribution < -0.4 is 20.9 Å². The van der Waals surface area contributed by atoms with Gasteiger partial charge in [0, 0.05) is 63.9 Å².